The average Bonchev–Trinajstić information content (AvgIpc) is 3.27. The van der Waals surface area contributed by atoms with E-state index in [4.69, 9.17) is 9.47 Å². The zero-order valence-corrected chi connectivity index (χ0v) is 39.4. The summed E-state index contributed by atoms with van der Waals surface area (Å²) in [6.45, 7) is 3.69. The average molecular weight is 872 g/mol. The lowest BCUT2D eigenvalue weighted by Crippen LogP contribution is -2.60. The summed E-state index contributed by atoms with van der Waals surface area (Å²) in [5.74, 6) is -0.154. The minimum absolute atomic E-state index is 0.143. The zero-order chi connectivity index (χ0) is 45.1. The maximum atomic E-state index is 13.0. The second-order valence-electron chi connectivity index (χ2n) is 17.2. The van der Waals surface area contributed by atoms with Crippen LogP contribution in [0.4, 0.5) is 0 Å². The lowest BCUT2D eigenvalue weighted by Gasteiger charge is -2.40. The van der Waals surface area contributed by atoms with Crippen molar-refractivity contribution in [2.45, 2.75) is 243 Å². The van der Waals surface area contributed by atoms with Gasteiger partial charge in [-0.1, -0.05) is 202 Å². The van der Waals surface area contributed by atoms with E-state index in [1.807, 2.05) is 0 Å². The van der Waals surface area contributed by atoms with Gasteiger partial charge in [0.25, 0.3) is 0 Å². The third-order valence-electron chi connectivity index (χ3n) is 11.6. The molecule has 1 amide bonds. The molecular weight excluding hydrogens is 779 g/mol. The van der Waals surface area contributed by atoms with Crippen LogP contribution in [0, 0.1) is 0 Å². The number of nitrogens with one attached hydrogen (secondary N) is 1. The molecular formula is C53H93NO8. The fourth-order valence-electron chi connectivity index (χ4n) is 7.58. The first-order valence-electron chi connectivity index (χ1n) is 25.1. The van der Waals surface area contributed by atoms with Crippen molar-refractivity contribution in [3.63, 3.8) is 0 Å². The number of unbranched alkanes of at least 4 members (excludes halogenated alkanes) is 19. The fraction of sp³-hybridized carbons (Fsp3) is 0.755. The van der Waals surface area contributed by atoms with Crippen LogP contribution in [0.25, 0.3) is 0 Å². The van der Waals surface area contributed by atoms with Crippen LogP contribution >= 0.6 is 0 Å². The molecule has 0 aromatic heterocycles. The zero-order valence-electron chi connectivity index (χ0n) is 39.4. The monoisotopic (exact) mass is 872 g/mol. The van der Waals surface area contributed by atoms with Crippen LogP contribution in [-0.4, -0.2) is 87.5 Å². The number of ether oxygens (including phenoxy) is 2. The number of allylic oxidation sites excluding steroid dienone is 12. The Bertz CT molecular complexity index is 1200. The Balaban J connectivity index is 2.19. The molecule has 6 N–H and O–H groups in total. The number of hydrogen-bond donors (Lipinski definition) is 6. The van der Waals surface area contributed by atoms with Crippen LogP contribution in [0.2, 0.25) is 0 Å². The van der Waals surface area contributed by atoms with E-state index in [0.717, 1.165) is 83.5 Å². The van der Waals surface area contributed by atoms with Crippen molar-refractivity contribution >= 4 is 5.91 Å². The summed E-state index contributed by atoms with van der Waals surface area (Å²) >= 11 is 0. The molecule has 0 aromatic carbocycles. The van der Waals surface area contributed by atoms with Crippen molar-refractivity contribution in [1.82, 2.24) is 5.32 Å². The molecule has 0 aliphatic carbocycles. The Labute approximate surface area is 378 Å². The highest BCUT2D eigenvalue weighted by atomic mass is 16.7. The molecule has 7 atom stereocenters. The predicted octanol–water partition coefficient (Wildman–Crippen LogP) is 11.3. The van der Waals surface area contributed by atoms with Crippen LogP contribution in [0.3, 0.4) is 0 Å². The van der Waals surface area contributed by atoms with Gasteiger partial charge in [0.05, 0.1) is 25.4 Å². The number of carbonyl (C=O) groups excluding carboxylic acids is 1. The van der Waals surface area contributed by atoms with Crippen molar-refractivity contribution < 1.29 is 39.8 Å². The Kier molecular flexibility index (Phi) is 39.6. The summed E-state index contributed by atoms with van der Waals surface area (Å²) in [7, 11) is 0. The molecule has 9 heteroatoms. The van der Waals surface area contributed by atoms with Gasteiger partial charge in [-0.3, -0.25) is 4.79 Å². The molecule has 1 rings (SSSR count). The molecule has 0 radical (unpaired) electrons. The van der Waals surface area contributed by atoms with Crippen LogP contribution < -0.4 is 5.32 Å². The first kappa shape index (κ1) is 57.6. The molecule has 358 valence electrons. The molecule has 0 bridgehead atoms. The molecule has 9 nitrogen and oxygen atoms in total. The Morgan fingerprint density at radius 1 is 0.565 bits per heavy atom. The second kappa shape index (κ2) is 42.6. The van der Waals surface area contributed by atoms with Crippen LogP contribution in [-0.2, 0) is 14.3 Å². The van der Waals surface area contributed by atoms with E-state index < -0.39 is 49.5 Å². The summed E-state index contributed by atoms with van der Waals surface area (Å²) < 4.78 is 11.2. The standard InChI is InChI=1S/C53H93NO8/c1-3-5-7-9-11-13-15-16-17-18-19-20-21-22-23-24-25-26-27-28-29-30-31-32-33-35-37-39-41-43-49(57)54-46(45-61-53-52(60)51(59)50(58)48(44-55)62-53)47(56)42-40-38-36-34-14-12-10-8-6-4-2/h5,7,11,13,16-17,19-20,22-23,25-26,46-48,50-53,55-56,58-60H,3-4,6,8-10,12,14-15,18,21,24,27-45H2,1-2H3,(H,54,57)/b7-5-,13-11-,17-16-,20-19-,23-22-,26-25-. The van der Waals surface area contributed by atoms with Crippen molar-refractivity contribution in [1.29, 1.82) is 0 Å². The molecule has 1 fully saturated rings. The smallest absolute Gasteiger partial charge is 0.220 e. The molecule has 62 heavy (non-hydrogen) atoms. The molecule has 0 spiro atoms. The highest BCUT2D eigenvalue weighted by molar-refractivity contribution is 5.76. The fourth-order valence-corrected chi connectivity index (χ4v) is 7.58. The van der Waals surface area contributed by atoms with E-state index in [1.54, 1.807) is 0 Å². The molecule has 1 saturated heterocycles. The number of carbonyl (C=O) groups is 1. The highest BCUT2D eigenvalue weighted by Gasteiger charge is 2.44. The Morgan fingerprint density at radius 2 is 1.00 bits per heavy atom. The SMILES string of the molecule is CC/C=C\C/C=C\C/C=C\C/C=C\C/C=C\C/C=C\CCCCCCCCCCCCC(=O)NC(COC1OC(CO)C(O)C(O)C1O)C(O)CCCCCCCCCCCC. The summed E-state index contributed by atoms with van der Waals surface area (Å²) in [6.07, 6.45) is 50.6. The van der Waals surface area contributed by atoms with Crippen LogP contribution in [0.15, 0.2) is 72.9 Å². The summed E-state index contributed by atoms with van der Waals surface area (Å²) in [6, 6.07) is -0.723. The van der Waals surface area contributed by atoms with Gasteiger partial charge in [0.1, 0.15) is 24.4 Å². The van der Waals surface area contributed by atoms with Gasteiger partial charge >= 0.3 is 0 Å². The minimum atomic E-state index is -1.56. The van der Waals surface area contributed by atoms with Gasteiger partial charge < -0.3 is 40.3 Å². The number of amides is 1. The lowest BCUT2D eigenvalue weighted by molar-refractivity contribution is -0.302. The van der Waals surface area contributed by atoms with E-state index in [2.05, 4.69) is 92.1 Å². The molecule has 1 aliphatic rings. The molecule has 1 aliphatic heterocycles. The van der Waals surface area contributed by atoms with E-state index in [0.29, 0.717) is 12.8 Å². The van der Waals surface area contributed by atoms with Crippen molar-refractivity contribution in [2.24, 2.45) is 0 Å². The van der Waals surface area contributed by atoms with Gasteiger partial charge in [-0.2, -0.15) is 0 Å². The van der Waals surface area contributed by atoms with E-state index in [-0.39, 0.29) is 12.5 Å². The summed E-state index contributed by atoms with van der Waals surface area (Å²) in [4.78, 5) is 13.0. The minimum Gasteiger partial charge on any atom is -0.394 e. The third kappa shape index (κ3) is 32.3. The van der Waals surface area contributed by atoms with E-state index in [9.17, 15) is 30.3 Å². The quantitative estimate of drug-likeness (QED) is 0.0263. The van der Waals surface area contributed by atoms with Crippen molar-refractivity contribution in [3.8, 4) is 0 Å². The first-order valence-corrected chi connectivity index (χ1v) is 25.1. The predicted molar refractivity (Wildman–Crippen MR) is 258 cm³/mol. The number of hydrogen-bond acceptors (Lipinski definition) is 8. The first-order chi connectivity index (χ1) is 30.3. The molecule has 7 unspecified atom stereocenters. The Morgan fingerprint density at radius 3 is 1.48 bits per heavy atom. The maximum absolute atomic E-state index is 13.0. The number of aliphatic hydroxyl groups is 5. The van der Waals surface area contributed by atoms with Crippen molar-refractivity contribution in [2.75, 3.05) is 13.2 Å². The molecule has 0 saturated carbocycles. The van der Waals surface area contributed by atoms with Crippen molar-refractivity contribution in [3.05, 3.63) is 72.9 Å². The summed E-state index contributed by atoms with van der Waals surface area (Å²) in [5.41, 5.74) is 0. The second-order valence-corrected chi connectivity index (χ2v) is 17.2. The Hall–Kier alpha value is -2.37. The summed E-state index contributed by atoms with van der Waals surface area (Å²) in [5, 5.41) is 54.3. The number of rotatable bonds is 41. The van der Waals surface area contributed by atoms with Gasteiger partial charge in [0.15, 0.2) is 6.29 Å². The van der Waals surface area contributed by atoms with Gasteiger partial charge in [-0.05, 0) is 64.2 Å². The topological polar surface area (TPSA) is 149 Å². The maximum Gasteiger partial charge on any atom is 0.220 e. The molecule has 1 heterocycles. The number of aliphatic hydroxyl groups excluding tert-OH is 5. The van der Waals surface area contributed by atoms with Gasteiger partial charge in [-0.25, -0.2) is 0 Å². The van der Waals surface area contributed by atoms with Crippen LogP contribution in [0.5, 0.6) is 0 Å². The van der Waals surface area contributed by atoms with E-state index in [1.165, 1.54) is 89.9 Å². The lowest BCUT2D eigenvalue weighted by atomic mass is 9.99. The van der Waals surface area contributed by atoms with Gasteiger partial charge in [0.2, 0.25) is 5.91 Å². The van der Waals surface area contributed by atoms with Gasteiger partial charge in [-0.15, -0.1) is 0 Å². The largest absolute Gasteiger partial charge is 0.394 e. The normalized spacial score (nSPS) is 20.9. The van der Waals surface area contributed by atoms with E-state index >= 15 is 0 Å². The van der Waals surface area contributed by atoms with Crippen LogP contribution in [0.1, 0.15) is 200 Å². The third-order valence-corrected chi connectivity index (χ3v) is 11.6. The highest BCUT2D eigenvalue weighted by Crippen LogP contribution is 2.23. The molecule has 0 aromatic rings. The van der Waals surface area contributed by atoms with Gasteiger partial charge in [0, 0.05) is 6.42 Å².